The molecule has 1 aliphatic rings. The lowest BCUT2D eigenvalue weighted by Gasteiger charge is -2.24. The van der Waals surface area contributed by atoms with Crippen molar-refractivity contribution in [3.8, 4) is 11.5 Å². The first-order valence-corrected chi connectivity index (χ1v) is 6.34. The summed E-state index contributed by atoms with van der Waals surface area (Å²) < 4.78 is 16.5. The Labute approximate surface area is 107 Å². The Morgan fingerprint density at radius 1 is 1.29 bits per heavy atom. The zero-order chi connectivity index (χ0) is 12.1. The molecule has 1 aromatic rings. The molecule has 1 aromatic carbocycles. The highest BCUT2D eigenvalue weighted by Gasteiger charge is 2.17. The Morgan fingerprint density at radius 3 is 2.71 bits per heavy atom. The van der Waals surface area contributed by atoms with Gasteiger partial charge in [-0.2, -0.15) is 0 Å². The standard InChI is InChI=1S/C13H17ClO3/c1-15-13-8-10(9-14)2-3-12(13)17-11-4-6-16-7-5-11/h2-3,8,11H,4-7,9H2,1H3. The minimum atomic E-state index is 0.222. The van der Waals surface area contributed by atoms with E-state index in [1.54, 1.807) is 7.11 Å². The number of hydrogen-bond acceptors (Lipinski definition) is 3. The molecule has 94 valence electrons. The molecule has 0 radical (unpaired) electrons. The van der Waals surface area contributed by atoms with E-state index in [1.807, 2.05) is 18.2 Å². The predicted molar refractivity (Wildman–Crippen MR) is 67.0 cm³/mol. The van der Waals surface area contributed by atoms with Crippen LogP contribution in [0.1, 0.15) is 18.4 Å². The third-order valence-corrected chi connectivity index (χ3v) is 3.15. The lowest BCUT2D eigenvalue weighted by Crippen LogP contribution is -2.26. The first-order valence-electron chi connectivity index (χ1n) is 5.80. The number of hydrogen-bond donors (Lipinski definition) is 0. The second kappa shape index (κ2) is 6.12. The van der Waals surface area contributed by atoms with Crippen molar-refractivity contribution >= 4 is 11.6 Å². The number of rotatable bonds is 4. The molecule has 1 fully saturated rings. The van der Waals surface area contributed by atoms with Gasteiger partial charge in [-0.1, -0.05) is 6.07 Å². The lowest BCUT2D eigenvalue weighted by atomic mass is 10.1. The molecule has 1 aliphatic heterocycles. The molecule has 0 atom stereocenters. The van der Waals surface area contributed by atoms with E-state index in [0.29, 0.717) is 5.88 Å². The van der Waals surface area contributed by atoms with Crippen molar-refractivity contribution in [1.29, 1.82) is 0 Å². The van der Waals surface area contributed by atoms with Crippen molar-refractivity contribution in [2.45, 2.75) is 24.8 Å². The Morgan fingerprint density at radius 2 is 2.06 bits per heavy atom. The van der Waals surface area contributed by atoms with Crippen LogP contribution >= 0.6 is 11.6 Å². The molecule has 1 heterocycles. The lowest BCUT2D eigenvalue weighted by molar-refractivity contribution is 0.0245. The van der Waals surface area contributed by atoms with Crippen molar-refractivity contribution in [3.05, 3.63) is 23.8 Å². The van der Waals surface area contributed by atoms with Gasteiger partial charge in [-0.15, -0.1) is 11.6 Å². The summed E-state index contributed by atoms with van der Waals surface area (Å²) in [6.45, 7) is 1.54. The van der Waals surface area contributed by atoms with Gasteiger partial charge in [-0.25, -0.2) is 0 Å². The molecule has 0 amide bonds. The third kappa shape index (κ3) is 3.27. The SMILES string of the molecule is COc1cc(CCl)ccc1OC1CCOCC1. The third-order valence-electron chi connectivity index (χ3n) is 2.84. The van der Waals surface area contributed by atoms with Crippen LogP contribution in [0, 0.1) is 0 Å². The van der Waals surface area contributed by atoms with Gasteiger partial charge in [-0.3, -0.25) is 0 Å². The van der Waals surface area contributed by atoms with Gasteiger partial charge < -0.3 is 14.2 Å². The fourth-order valence-corrected chi connectivity index (χ4v) is 2.03. The Balaban J connectivity index is 2.08. The van der Waals surface area contributed by atoms with Crippen LogP contribution in [0.25, 0.3) is 0 Å². The van der Waals surface area contributed by atoms with Gasteiger partial charge in [0.05, 0.1) is 20.3 Å². The number of benzene rings is 1. The van der Waals surface area contributed by atoms with Crippen molar-refractivity contribution in [2.24, 2.45) is 0 Å². The molecule has 0 aliphatic carbocycles. The summed E-state index contributed by atoms with van der Waals surface area (Å²) in [5.74, 6) is 2.01. The van der Waals surface area contributed by atoms with Crippen LogP contribution in [0.4, 0.5) is 0 Å². The first-order chi connectivity index (χ1) is 8.33. The van der Waals surface area contributed by atoms with E-state index in [0.717, 1.165) is 43.1 Å². The van der Waals surface area contributed by atoms with Crippen LogP contribution in [-0.4, -0.2) is 26.4 Å². The maximum Gasteiger partial charge on any atom is 0.161 e. The van der Waals surface area contributed by atoms with Crippen molar-refractivity contribution in [1.82, 2.24) is 0 Å². The van der Waals surface area contributed by atoms with E-state index in [2.05, 4.69) is 0 Å². The topological polar surface area (TPSA) is 27.7 Å². The highest BCUT2D eigenvalue weighted by atomic mass is 35.5. The highest BCUT2D eigenvalue weighted by Crippen LogP contribution is 2.30. The monoisotopic (exact) mass is 256 g/mol. The van der Waals surface area contributed by atoms with Crippen molar-refractivity contribution in [3.63, 3.8) is 0 Å². The molecule has 0 saturated carbocycles. The molecule has 0 spiro atoms. The van der Waals surface area contributed by atoms with Crippen LogP contribution in [0.2, 0.25) is 0 Å². The van der Waals surface area contributed by atoms with Gasteiger partial charge >= 0.3 is 0 Å². The van der Waals surface area contributed by atoms with Crippen LogP contribution in [0.3, 0.4) is 0 Å². The summed E-state index contributed by atoms with van der Waals surface area (Å²) in [7, 11) is 1.64. The zero-order valence-electron chi connectivity index (χ0n) is 9.95. The smallest absolute Gasteiger partial charge is 0.161 e. The Hall–Kier alpha value is -0.930. The summed E-state index contributed by atoms with van der Waals surface area (Å²) >= 11 is 5.79. The average molecular weight is 257 g/mol. The van der Waals surface area contributed by atoms with Gasteiger partial charge in [0.1, 0.15) is 6.10 Å². The quantitative estimate of drug-likeness (QED) is 0.775. The Kier molecular flexibility index (Phi) is 4.51. The molecular formula is C13H17ClO3. The number of halogens is 1. The van der Waals surface area contributed by atoms with E-state index in [1.165, 1.54) is 0 Å². The maximum absolute atomic E-state index is 5.93. The van der Waals surface area contributed by atoms with Crippen LogP contribution in [-0.2, 0) is 10.6 Å². The molecular weight excluding hydrogens is 240 g/mol. The summed E-state index contributed by atoms with van der Waals surface area (Å²) in [5.41, 5.74) is 1.03. The molecule has 17 heavy (non-hydrogen) atoms. The molecule has 0 aromatic heterocycles. The fourth-order valence-electron chi connectivity index (χ4n) is 1.87. The van der Waals surface area contributed by atoms with Crippen molar-refractivity contribution < 1.29 is 14.2 Å². The Bertz CT molecular complexity index is 362. The second-order valence-corrected chi connectivity index (χ2v) is 4.32. The minimum Gasteiger partial charge on any atom is -0.493 e. The number of ether oxygens (including phenoxy) is 3. The molecule has 3 nitrogen and oxygen atoms in total. The largest absolute Gasteiger partial charge is 0.493 e. The summed E-state index contributed by atoms with van der Waals surface area (Å²) in [6, 6.07) is 5.80. The van der Waals surface area contributed by atoms with Crippen molar-refractivity contribution in [2.75, 3.05) is 20.3 Å². The summed E-state index contributed by atoms with van der Waals surface area (Å²) in [4.78, 5) is 0. The molecule has 1 saturated heterocycles. The van der Waals surface area contributed by atoms with E-state index in [4.69, 9.17) is 25.8 Å². The first kappa shape index (κ1) is 12.5. The van der Waals surface area contributed by atoms with Gasteiger partial charge in [0, 0.05) is 18.7 Å². The highest BCUT2D eigenvalue weighted by molar-refractivity contribution is 6.17. The molecule has 4 heteroatoms. The molecule has 2 rings (SSSR count). The van der Waals surface area contributed by atoms with Gasteiger partial charge in [0.2, 0.25) is 0 Å². The number of methoxy groups -OCH3 is 1. The zero-order valence-corrected chi connectivity index (χ0v) is 10.7. The average Bonchev–Trinajstić information content (AvgIpc) is 2.40. The van der Waals surface area contributed by atoms with E-state index in [-0.39, 0.29) is 6.10 Å². The summed E-state index contributed by atoms with van der Waals surface area (Å²) in [6.07, 6.45) is 2.08. The minimum absolute atomic E-state index is 0.222. The van der Waals surface area contributed by atoms with Gasteiger partial charge in [-0.05, 0) is 17.7 Å². The molecule has 0 unspecified atom stereocenters. The predicted octanol–water partition coefficient (Wildman–Crippen LogP) is 2.99. The second-order valence-electron chi connectivity index (χ2n) is 4.05. The molecule has 0 N–H and O–H groups in total. The van der Waals surface area contributed by atoms with Gasteiger partial charge in [0.15, 0.2) is 11.5 Å². The maximum atomic E-state index is 5.93. The van der Waals surface area contributed by atoms with E-state index >= 15 is 0 Å². The fraction of sp³-hybridized carbons (Fsp3) is 0.538. The molecule has 0 bridgehead atoms. The summed E-state index contributed by atoms with van der Waals surface area (Å²) in [5, 5.41) is 0. The van der Waals surface area contributed by atoms with Crippen LogP contribution in [0.15, 0.2) is 18.2 Å². The van der Waals surface area contributed by atoms with Crippen LogP contribution in [0.5, 0.6) is 11.5 Å². The normalized spacial score (nSPS) is 16.8. The number of alkyl halides is 1. The van der Waals surface area contributed by atoms with Crippen LogP contribution < -0.4 is 9.47 Å². The van der Waals surface area contributed by atoms with E-state index < -0.39 is 0 Å². The van der Waals surface area contributed by atoms with Gasteiger partial charge in [0.25, 0.3) is 0 Å². The van der Waals surface area contributed by atoms with E-state index in [9.17, 15) is 0 Å².